The van der Waals surface area contributed by atoms with Gasteiger partial charge in [-0.2, -0.15) is 0 Å². The Hall–Kier alpha value is -1.39. The van der Waals surface area contributed by atoms with Gasteiger partial charge in [-0.25, -0.2) is 0 Å². The number of hydrogen-bond acceptors (Lipinski definition) is 3. The van der Waals surface area contributed by atoms with Crippen molar-refractivity contribution in [3.05, 3.63) is 35.4 Å². The molecule has 1 amide bonds. The Kier molecular flexibility index (Phi) is 7.03. The molecule has 0 aliphatic carbocycles. The molecule has 1 heterocycles. The number of aryl methyl sites for hydroxylation is 1. The Balaban J connectivity index is 2.00. The lowest BCUT2D eigenvalue weighted by molar-refractivity contribution is 0.0590. The molecule has 1 aliphatic heterocycles. The largest absolute Gasteiger partial charge is 0.390 e. The molecule has 0 spiro atoms. The number of hydrogen-bond donors (Lipinski definition) is 1. The highest BCUT2D eigenvalue weighted by Crippen LogP contribution is 2.23. The van der Waals surface area contributed by atoms with E-state index in [-0.39, 0.29) is 5.91 Å². The van der Waals surface area contributed by atoms with Crippen LogP contribution in [0.15, 0.2) is 24.3 Å². The Bertz CT molecular complexity index is 546. The fourth-order valence-electron chi connectivity index (χ4n) is 3.41. The third kappa shape index (κ3) is 6.44. The minimum atomic E-state index is -0.651. The van der Waals surface area contributed by atoms with Crippen LogP contribution in [-0.2, 0) is 6.42 Å². The van der Waals surface area contributed by atoms with Crippen molar-refractivity contribution in [1.82, 2.24) is 9.80 Å². The van der Waals surface area contributed by atoms with E-state index in [1.807, 2.05) is 38.1 Å². The van der Waals surface area contributed by atoms with Crippen LogP contribution in [0.4, 0.5) is 0 Å². The smallest absolute Gasteiger partial charge is 0.254 e. The van der Waals surface area contributed by atoms with Gasteiger partial charge in [-0.3, -0.25) is 4.79 Å². The highest BCUT2D eigenvalue weighted by molar-refractivity contribution is 5.94. The van der Waals surface area contributed by atoms with Crippen LogP contribution in [-0.4, -0.2) is 59.6 Å². The van der Waals surface area contributed by atoms with Gasteiger partial charge in [0.25, 0.3) is 5.91 Å². The molecular weight excluding hydrogens is 312 g/mol. The molecule has 1 N–H and O–H groups in total. The summed E-state index contributed by atoms with van der Waals surface area (Å²) in [5.74, 6) is 0.164. The molecule has 0 radical (unpaired) electrons. The Morgan fingerprint density at radius 1 is 1.24 bits per heavy atom. The number of rotatable bonds is 7. The first-order chi connectivity index (χ1) is 11.8. The first-order valence-electron chi connectivity index (χ1n) is 9.53. The fraction of sp³-hybridized carbons (Fsp3) is 0.667. The van der Waals surface area contributed by atoms with E-state index in [0.29, 0.717) is 6.04 Å². The van der Waals surface area contributed by atoms with Crippen LogP contribution in [0.1, 0.15) is 61.9 Å². The van der Waals surface area contributed by atoms with Gasteiger partial charge in [0.05, 0.1) is 5.60 Å². The number of amides is 1. The summed E-state index contributed by atoms with van der Waals surface area (Å²) in [6.45, 7) is 5.55. The normalized spacial score (nSPS) is 18.6. The Labute approximate surface area is 152 Å². The van der Waals surface area contributed by atoms with Gasteiger partial charge in [-0.15, -0.1) is 0 Å². The lowest BCUT2D eigenvalue weighted by atomic mass is 9.96. The summed E-state index contributed by atoms with van der Waals surface area (Å²) >= 11 is 0. The van der Waals surface area contributed by atoms with E-state index in [4.69, 9.17) is 0 Å². The van der Waals surface area contributed by atoms with Crippen LogP contribution < -0.4 is 0 Å². The number of benzene rings is 1. The number of carbonyl (C=O) groups is 1. The molecular formula is C21H34N2O2. The summed E-state index contributed by atoms with van der Waals surface area (Å²) in [7, 11) is 4.17. The third-order valence-corrected chi connectivity index (χ3v) is 5.02. The van der Waals surface area contributed by atoms with Gasteiger partial charge in [0.15, 0.2) is 0 Å². The molecule has 4 heteroatoms. The van der Waals surface area contributed by atoms with Crippen molar-refractivity contribution in [3.63, 3.8) is 0 Å². The van der Waals surface area contributed by atoms with Crippen molar-refractivity contribution in [3.8, 4) is 0 Å². The maximum Gasteiger partial charge on any atom is 0.254 e. The van der Waals surface area contributed by atoms with Crippen LogP contribution in [0, 0.1) is 0 Å². The molecule has 4 nitrogen and oxygen atoms in total. The molecule has 1 aliphatic rings. The van der Waals surface area contributed by atoms with Crippen molar-refractivity contribution < 1.29 is 9.90 Å². The molecule has 1 aromatic rings. The van der Waals surface area contributed by atoms with Gasteiger partial charge in [0.1, 0.15) is 0 Å². The lowest BCUT2D eigenvalue weighted by Gasteiger charge is -2.36. The first kappa shape index (κ1) is 19.9. The maximum atomic E-state index is 13.0. The van der Waals surface area contributed by atoms with Crippen LogP contribution >= 0.6 is 0 Å². The second kappa shape index (κ2) is 8.81. The predicted molar refractivity (Wildman–Crippen MR) is 103 cm³/mol. The summed E-state index contributed by atoms with van der Waals surface area (Å²) in [6, 6.07) is 8.30. The molecule has 0 aromatic heterocycles. The molecule has 140 valence electrons. The van der Waals surface area contributed by atoms with E-state index >= 15 is 0 Å². The van der Waals surface area contributed by atoms with E-state index in [9.17, 15) is 9.90 Å². The average molecular weight is 347 g/mol. The SMILES string of the molecule is CN(C)CC[C@@H]1CCCCN1C(=O)c1ccc(CCC(C)(C)O)cc1. The van der Waals surface area contributed by atoms with E-state index in [0.717, 1.165) is 50.8 Å². The first-order valence-corrected chi connectivity index (χ1v) is 9.53. The molecule has 1 aromatic carbocycles. The number of carbonyl (C=O) groups excluding carboxylic acids is 1. The monoisotopic (exact) mass is 346 g/mol. The zero-order valence-electron chi connectivity index (χ0n) is 16.3. The number of piperidine rings is 1. The summed E-state index contributed by atoms with van der Waals surface area (Å²) in [5.41, 5.74) is 1.30. The molecule has 1 fully saturated rings. The molecule has 0 saturated carbocycles. The molecule has 2 rings (SSSR count). The molecule has 0 unspecified atom stereocenters. The standard InChI is InChI=1S/C21H34N2O2/c1-21(2,25)14-12-17-8-10-18(11-9-17)20(24)23-15-6-5-7-19(23)13-16-22(3)4/h8-11,19,25H,5-7,12-16H2,1-4H3/t19-/m0/s1. The average Bonchev–Trinajstić information content (AvgIpc) is 2.57. The second-order valence-electron chi connectivity index (χ2n) is 8.25. The summed E-state index contributed by atoms with van der Waals surface area (Å²) < 4.78 is 0. The Morgan fingerprint density at radius 3 is 2.52 bits per heavy atom. The van der Waals surface area contributed by atoms with Crippen molar-refractivity contribution in [2.45, 2.75) is 64.0 Å². The number of nitrogens with zero attached hydrogens (tertiary/aromatic N) is 2. The van der Waals surface area contributed by atoms with Crippen molar-refractivity contribution >= 4 is 5.91 Å². The Morgan fingerprint density at radius 2 is 1.92 bits per heavy atom. The molecule has 0 bridgehead atoms. The highest BCUT2D eigenvalue weighted by Gasteiger charge is 2.27. The summed E-state index contributed by atoms with van der Waals surface area (Å²) in [5, 5.41) is 9.85. The van der Waals surface area contributed by atoms with Crippen molar-refractivity contribution in [2.24, 2.45) is 0 Å². The summed E-state index contributed by atoms with van der Waals surface area (Å²) in [4.78, 5) is 17.2. The van der Waals surface area contributed by atoms with Gasteiger partial charge in [-0.05, 0) is 90.7 Å². The topological polar surface area (TPSA) is 43.8 Å². The van der Waals surface area contributed by atoms with E-state index in [1.54, 1.807) is 0 Å². The molecule has 1 atom stereocenters. The second-order valence-corrected chi connectivity index (χ2v) is 8.25. The van der Waals surface area contributed by atoms with E-state index < -0.39 is 5.60 Å². The van der Waals surface area contributed by atoms with Crippen molar-refractivity contribution in [2.75, 3.05) is 27.2 Å². The van der Waals surface area contributed by atoms with Gasteiger partial charge in [0.2, 0.25) is 0 Å². The van der Waals surface area contributed by atoms with E-state index in [1.165, 1.54) is 12.0 Å². The fourth-order valence-corrected chi connectivity index (χ4v) is 3.41. The maximum absolute atomic E-state index is 13.0. The third-order valence-electron chi connectivity index (χ3n) is 5.02. The zero-order valence-corrected chi connectivity index (χ0v) is 16.3. The minimum Gasteiger partial charge on any atom is -0.390 e. The van der Waals surface area contributed by atoms with Crippen LogP contribution in [0.5, 0.6) is 0 Å². The van der Waals surface area contributed by atoms with Gasteiger partial charge in [0, 0.05) is 18.2 Å². The highest BCUT2D eigenvalue weighted by atomic mass is 16.3. The zero-order chi connectivity index (χ0) is 18.4. The van der Waals surface area contributed by atoms with E-state index in [2.05, 4.69) is 23.9 Å². The molecule has 1 saturated heterocycles. The number of aliphatic hydroxyl groups is 1. The number of likely N-dealkylation sites (tertiary alicyclic amines) is 1. The summed E-state index contributed by atoms with van der Waals surface area (Å²) in [6.07, 6.45) is 6.03. The van der Waals surface area contributed by atoms with Crippen molar-refractivity contribution in [1.29, 1.82) is 0 Å². The van der Waals surface area contributed by atoms with Gasteiger partial charge >= 0.3 is 0 Å². The minimum absolute atomic E-state index is 0.164. The molecule has 25 heavy (non-hydrogen) atoms. The predicted octanol–water partition coefficient (Wildman–Crippen LogP) is 3.34. The van der Waals surface area contributed by atoms with Gasteiger partial charge in [-0.1, -0.05) is 12.1 Å². The quantitative estimate of drug-likeness (QED) is 0.823. The lowest BCUT2D eigenvalue weighted by Crippen LogP contribution is -2.44. The van der Waals surface area contributed by atoms with Crippen LogP contribution in [0.3, 0.4) is 0 Å². The van der Waals surface area contributed by atoms with Crippen LogP contribution in [0.2, 0.25) is 0 Å². The van der Waals surface area contributed by atoms with Gasteiger partial charge < -0.3 is 14.9 Å². The van der Waals surface area contributed by atoms with Crippen LogP contribution in [0.25, 0.3) is 0 Å².